The normalized spacial score (nSPS) is 27.7. The topological polar surface area (TPSA) is 26.3 Å². The van der Waals surface area contributed by atoms with E-state index >= 15 is 0 Å². The van der Waals surface area contributed by atoms with Gasteiger partial charge in [-0.15, -0.1) is 6.42 Å². The van der Waals surface area contributed by atoms with Crippen LogP contribution in [0, 0.1) is 29.6 Å². The molecule has 0 aliphatic heterocycles. The molecule has 0 N–H and O–H groups in total. The van der Waals surface area contributed by atoms with E-state index in [1.165, 1.54) is 0 Å². The van der Waals surface area contributed by atoms with Gasteiger partial charge < -0.3 is 4.74 Å². The van der Waals surface area contributed by atoms with Gasteiger partial charge in [0.25, 0.3) is 0 Å². The van der Waals surface area contributed by atoms with Crippen molar-refractivity contribution in [2.75, 3.05) is 0 Å². The molecule has 2 heteroatoms. The molecule has 0 radical (unpaired) electrons. The highest BCUT2D eigenvalue weighted by Crippen LogP contribution is 2.59. The third-order valence-corrected chi connectivity index (χ3v) is 3.82. The third kappa shape index (κ3) is 2.67. The molecule has 3 atom stereocenters. The fourth-order valence-corrected chi connectivity index (χ4v) is 2.29. The average Bonchev–Trinajstić information content (AvgIpc) is 2.87. The number of carbonyl (C=O) groups excluding carboxylic acids is 1. The van der Waals surface area contributed by atoms with Gasteiger partial charge in [0, 0.05) is 0 Å². The van der Waals surface area contributed by atoms with Crippen molar-refractivity contribution >= 4 is 5.97 Å². The third-order valence-electron chi connectivity index (χ3n) is 3.82. The van der Waals surface area contributed by atoms with Gasteiger partial charge in [0.05, 0.1) is 5.92 Å². The molecule has 0 aromatic heterocycles. The molecule has 0 amide bonds. The summed E-state index contributed by atoms with van der Waals surface area (Å²) in [7, 11) is 0. The molecule has 1 fully saturated rings. The minimum absolute atomic E-state index is 0.0213. The number of terminal acetylenes is 1. The summed E-state index contributed by atoms with van der Waals surface area (Å²) in [5.74, 6) is 2.51. The Kier molecular flexibility index (Phi) is 4.40. The van der Waals surface area contributed by atoms with E-state index in [0.717, 1.165) is 5.57 Å². The fraction of sp³-hybridized carbons (Fsp3) is 0.562. The lowest BCUT2D eigenvalue weighted by Crippen LogP contribution is -2.20. The first-order chi connectivity index (χ1) is 8.39. The second kappa shape index (κ2) is 5.44. The Hall–Kier alpha value is -1.49. The van der Waals surface area contributed by atoms with Gasteiger partial charge >= 0.3 is 5.97 Å². The molecule has 0 saturated heterocycles. The lowest BCUT2D eigenvalue weighted by Gasteiger charge is -2.13. The molecule has 0 aromatic rings. The van der Waals surface area contributed by atoms with Crippen LogP contribution in [0.3, 0.4) is 0 Å². The van der Waals surface area contributed by atoms with Crippen LogP contribution in [0.2, 0.25) is 0 Å². The van der Waals surface area contributed by atoms with E-state index in [1.54, 1.807) is 0 Å². The standard InChI is InChI=1S/C16H22O2/c1-7-10-12-14(16(12,5)6)15(17)18-13(9-3)11(4)8-2/h3,7-8,10,12-14H,1-2,4-6H3. The fourth-order valence-electron chi connectivity index (χ4n) is 2.29. The molecular formula is C16H22O2. The average molecular weight is 246 g/mol. The zero-order valence-electron chi connectivity index (χ0n) is 11.9. The summed E-state index contributed by atoms with van der Waals surface area (Å²) in [6, 6.07) is 0. The van der Waals surface area contributed by atoms with Gasteiger partial charge in [0.1, 0.15) is 0 Å². The zero-order valence-corrected chi connectivity index (χ0v) is 11.9. The van der Waals surface area contributed by atoms with Crippen LogP contribution in [0.25, 0.3) is 0 Å². The van der Waals surface area contributed by atoms with Gasteiger partial charge in [-0.05, 0) is 37.7 Å². The van der Waals surface area contributed by atoms with Crippen molar-refractivity contribution in [3.05, 3.63) is 23.8 Å². The second-order valence-electron chi connectivity index (χ2n) is 5.37. The number of carbonyl (C=O) groups is 1. The van der Waals surface area contributed by atoms with E-state index in [2.05, 4.69) is 25.8 Å². The van der Waals surface area contributed by atoms with E-state index in [1.807, 2.05) is 32.9 Å². The quantitative estimate of drug-likeness (QED) is 0.432. The predicted octanol–water partition coefficient (Wildman–Crippen LogP) is 3.35. The molecule has 0 aromatic carbocycles. The molecule has 3 unspecified atom stereocenters. The first kappa shape index (κ1) is 14.6. The van der Waals surface area contributed by atoms with Crippen molar-refractivity contribution in [3.63, 3.8) is 0 Å². The van der Waals surface area contributed by atoms with E-state index < -0.39 is 6.10 Å². The van der Waals surface area contributed by atoms with Crippen LogP contribution in [0.1, 0.15) is 34.6 Å². The molecular weight excluding hydrogens is 224 g/mol. The van der Waals surface area contributed by atoms with Crippen molar-refractivity contribution in [2.45, 2.75) is 40.7 Å². The number of hydrogen-bond donors (Lipinski definition) is 0. The molecule has 0 bridgehead atoms. The monoisotopic (exact) mass is 246 g/mol. The first-order valence-electron chi connectivity index (χ1n) is 6.32. The van der Waals surface area contributed by atoms with Crippen LogP contribution in [0.4, 0.5) is 0 Å². The number of ether oxygens (including phenoxy) is 1. The molecule has 1 aliphatic carbocycles. The lowest BCUT2D eigenvalue weighted by molar-refractivity contribution is -0.147. The lowest BCUT2D eigenvalue weighted by atomic mass is 10.1. The molecule has 1 saturated carbocycles. The molecule has 0 heterocycles. The summed E-state index contributed by atoms with van der Waals surface area (Å²) in [5, 5.41) is 0. The summed E-state index contributed by atoms with van der Waals surface area (Å²) in [5.41, 5.74) is 0.874. The van der Waals surface area contributed by atoms with Gasteiger partial charge in [0.15, 0.2) is 6.10 Å². The molecule has 0 spiro atoms. The van der Waals surface area contributed by atoms with E-state index in [-0.39, 0.29) is 23.2 Å². The van der Waals surface area contributed by atoms with Crippen LogP contribution in [-0.4, -0.2) is 12.1 Å². The number of allylic oxidation sites excluding steroid dienone is 3. The van der Waals surface area contributed by atoms with Crippen molar-refractivity contribution in [2.24, 2.45) is 17.3 Å². The maximum Gasteiger partial charge on any atom is 0.311 e. The van der Waals surface area contributed by atoms with Gasteiger partial charge in [-0.2, -0.15) is 0 Å². The molecule has 18 heavy (non-hydrogen) atoms. The molecule has 2 nitrogen and oxygen atoms in total. The van der Waals surface area contributed by atoms with Crippen LogP contribution in [0.5, 0.6) is 0 Å². The van der Waals surface area contributed by atoms with Gasteiger partial charge in [-0.1, -0.05) is 38.0 Å². The SMILES string of the molecule is C#CC(OC(=O)C1C(C=CC)C1(C)C)C(C)=CC. The smallest absolute Gasteiger partial charge is 0.311 e. The Morgan fingerprint density at radius 3 is 2.50 bits per heavy atom. The Morgan fingerprint density at radius 2 is 2.06 bits per heavy atom. The minimum atomic E-state index is -0.537. The summed E-state index contributed by atoms with van der Waals surface area (Å²) < 4.78 is 5.41. The van der Waals surface area contributed by atoms with E-state index in [0.29, 0.717) is 0 Å². The Balaban J connectivity index is 2.71. The number of hydrogen-bond acceptors (Lipinski definition) is 2. The summed E-state index contributed by atoms with van der Waals surface area (Å²) in [6.07, 6.45) is 10.8. The Labute approximate surface area is 110 Å². The first-order valence-corrected chi connectivity index (χ1v) is 6.32. The number of rotatable bonds is 4. The van der Waals surface area contributed by atoms with Crippen molar-refractivity contribution in [3.8, 4) is 12.3 Å². The van der Waals surface area contributed by atoms with Crippen LogP contribution in [0.15, 0.2) is 23.8 Å². The highest BCUT2D eigenvalue weighted by Gasteiger charge is 2.61. The van der Waals surface area contributed by atoms with Gasteiger partial charge in [-0.25, -0.2) is 0 Å². The second-order valence-corrected chi connectivity index (χ2v) is 5.37. The largest absolute Gasteiger partial charge is 0.444 e. The Bertz CT molecular complexity index is 421. The Morgan fingerprint density at radius 1 is 1.44 bits per heavy atom. The van der Waals surface area contributed by atoms with Crippen LogP contribution < -0.4 is 0 Å². The van der Waals surface area contributed by atoms with Crippen LogP contribution in [-0.2, 0) is 9.53 Å². The van der Waals surface area contributed by atoms with Gasteiger partial charge in [0.2, 0.25) is 0 Å². The van der Waals surface area contributed by atoms with E-state index in [9.17, 15) is 4.79 Å². The van der Waals surface area contributed by atoms with Crippen molar-refractivity contribution in [1.82, 2.24) is 0 Å². The summed E-state index contributed by atoms with van der Waals surface area (Å²) >= 11 is 0. The summed E-state index contributed by atoms with van der Waals surface area (Å²) in [6.45, 7) is 9.88. The minimum Gasteiger partial charge on any atom is -0.444 e. The van der Waals surface area contributed by atoms with Gasteiger partial charge in [-0.3, -0.25) is 4.79 Å². The van der Waals surface area contributed by atoms with Crippen LogP contribution >= 0.6 is 0 Å². The van der Waals surface area contributed by atoms with Crippen molar-refractivity contribution in [1.29, 1.82) is 0 Å². The molecule has 98 valence electrons. The highest BCUT2D eigenvalue weighted by atomic mass is 16.5. The maximum atomic E-state index is 12.1. The highest BCUT2D eigenvalue weighted by molar-refractivity contribution is 5.78. The number of esters is 1. The summed E-state index contributed by atoms with van der Waals surface area (Å²) in [4.78, 5) is 12.1. The van der Waals surface area contributed by atoms with Crippen molar-refractivity contribution < 1.29 is 9.53 Å². The van der Waals surface area contributed by atoms with E-state index in [4.69, 9.17) is 11.2 Å². The molecule has 1 rings (SSSR count). The zero-order chi connectivity index (χ0) is 13.9. The maximum absolute atomic E-state index is 12.1. The molecule has 1 aliphatic rings. The predicted molar refractivity (Wildman–Crippen MR) is 73.7 cm³/mol.